The van der Waals surface area contributed by atoms with E-state index in [4.69, 9.17) is 5.11 Å². The second kappa shape index (κ2) is 6.13. The van der Waals surface area contributed by atoms with E-state index in [-0.39, 0.29) is 12.1 Å². The summed E-state index contributed by atoms with van der Waals surface area (Å²) in [6, 6.07) is 9.94. The van der Waals surface area contributed by atoms with Gasteiger partial charge in [-0.25, -0.2) is 13.6 Å². The molecule has 0 unspecified atom stereocenters. The summed E-state index contributed by atoms with van der Waals surface area (Å²) < 4.78 is 26.2. The molecule has 0 bridgehead atoms. The van der Waals surface area contributed by atoms with Crippen molar-refractivity contribution in [3.63, 3.8) is 0 Å². The Kier molecular flexibility index (Phi) is 4.27. The molecular formula is C15H11F2NO3. The lowest BCUT2D eigenvalue weighted by atomic mass is 10.1. The van der Waals surface area contributed by atoms with Crippen molar-refractivity contribution < 1.29 is 23.5 Å². The number of carboxylic acid groups (broad SMARTS) is 1. The monoisotopic (exact) mass is 291 g/mol. The number of hydrogen-bond acceptors (Lipinski definition) is 2. The Balaban J connectivity index is 2.21. The number of carbonyl (C=O) groups is 2. The highest BCUT2D eigenvalue weighted by Gasteiger charge is 2.17. The highest BCUT2D eigenvalue weighted by Crippen LogP contribution is 2.20. The zero-order valence-corrected chi connectivity index (χ0v) is 10.8. The molecule has 0 aromatic heterocycles. The molecule has 0 saturated carbocycles. The fourth-order valence-electron chi connectivity index (χ4n) is 1.80. The Hall–Kier alpha value is -2.76. The van der Waals surface area contributed by atoms with E-state index in [9.17, 15) is 18.4 Å². The molecule has 0 aliphatic carbocycles. The number of aromatic carboxylic acids is 1. The number of benzene rings is 2. The first-order valence-electron chi connectivity index (χ1n) is 6.03. The first kappa shape index (κ1) is 14.6. The lowest BCUT2D eigenvalue weighted by Crippen LogP contribution is -2.17. The average molecular weight is 291 g/mol. The summed E-state index contributed by atoms with van der Waals surface area (Å²) in [5.41, 5.74) is -0.0629. The van der Waals surface area contributed by atoms with Gasteiger partial charge in [-0.05, 0) is 11.6 Å². The van der Waals surface area contributed by atoms with Gasteiger partial charge in [0.2, 0.25) is 5.91 Å². The predicted molar refractivity (Wildman–Crippen MR) is 72.1 cm³/mol. The molecule has 0 aliphatic rings. The Morgan fingerprint density at radius 1 is 1.05 bits per heavy atom. The molecule has 108 valence electrons. The Morgan fingerprint density at radius 2 is 1.67 bits per heavy atom. The molecule has 2 aromatic rings. The van der Waals surface area contributed by atoms with Gasteiger partial charge in [-0.15, -0.1) is 0 Å². The number of rotatable bonds is 4. The standard InChI is InChI=1S/C15H11F2NO3/c16-11-7-10(15(20)21)13(8-12(11)17)18-14(19)6-9-4-2-1-3-5-9/h1-5,7-8H,6H2,(H,18,19)(H,20,21). The van der Waals surface area contributed by atoms with Gasteiger partial charge >= 0.3 is 5.97 Å². The Bertz CT molecular complexity index is 687. The van der Waals surface area contributed by atoms with Gasteiger partial charge in [0.15, 0.2) is 11.6 Å². The molecule has 0 saturated heterocycles. The van der Waals surface area contributed by atoms with Gasteiger partial charge in [0, 0.05) is 6.07 Å². The summed E-state index contributed by atoms with van der Waals surface area (Å²) in [6.45, 7) is 0. The molecule has 0 aliphatic heterocycles. The van der Waals surface area contributed by atoms with Crippen molar-refractivity contribution >= 4 is 17.6 Å². The maximum absolute atomic E-state index is 13.2. The molecule has 1 amide bonds. The summed E-state index contributed by atoms with van der Waals surface area (Å²) in [7, 11) is 0. The van der Waals surface area contributed by atoms with Crippen molar-refractivity contribution in [2.24, 2.45) is 0 Å². The lowest BCUT2D eigenvalue weighted by molar-refractivity contribution is -0.115. The highest BCUT2D eigenvalue weighted by molar-refractivity contribution is 6.01. The number of carboxylic acids is 1. The number of amides is 1. The first-order valence-corrected chi connectivity index (χ1v) is 6.03. The molecule has 0 atom stereocenters. The van der Waals surface area contributed by atoms with E-state index in [0.717, 1.165) is 5.56 Å². The van der Waals surface area contributed by atoms with Gasteiger partial charge in [0.1, 0.15) is 0 Å². The SMILES string of the molecule is O=C(Cc1ccccc1)Nc1cc(F)c(F)cc1C(=O)O. The Morgan fingerprint density at radius 3 is 2.29 bits per heavy atom. The minimum absolute atomic E-state index is 0.00110. The molecule has 0 spiro atoms. The highest BCUT2D eigenvalue weighted by atomic mass is 19.2. The van der Waals surface area contributed by atoms with Crippen molar-refractivity contribution in [3.05, 3.63) is 65.2 Å². The van der Waals surface area contributed by atoms with Crippen LogP contribution in [0.5, 0.6) is 0 Å². The van der Waals surface area contributed by atoms with Crippen LogP contribution < -0.4 is 5.32 Å². The topological polar surface area (TPSA) is 66.4 Å². The van der Waals surface area contributed by atoms with Crippen LogP contribution in [0.4, 0.5) is 14.5 Å². The van der Waals surface area contributed by atoms with Crippen LogP contribution in [0.3, 0.4) is 0 Å². The minimum atomic E-state index is -1.45. The molecule has 21 heavy (non-hydrogen) atoms. The van der Waals surface area contributed by atoms with Gasteiger partial charge < -0.3 is 10.4 Å². The van der Waals surface area contributed by atoms with E-state index in [1.807, 2.05) is 0 Å². The van der Waals surface area contributed by atoms with Crippen molar-refractivity contribution in [3.8, 4) is 0 Å². The van der Waals surface area contributed by atoms with Crippen LogP contribution in [0, 0.1) is 11.6 Å². The van der Waals surface area contributed by atoms with E-state index >= 15 is 0 Å². The molecule has 0 radical (unpaired) electrons. The molecule has 0 fully saturated rings. The summed E-state index contributed by atoms with van der Waals surface area (Å²) in [5.74, 6) is -4.48. The van der Waals surface area contributed by atoms with Crippen LogP contribution in [0.25, 0.3) is 0 Å². The van der Waals surface area contributed by atoms with E-state index in [2.05, 4.69) is 5.32 Å². The second-order valence-electron chi connectivity index (χ2n) is 4.33. The lowest BCUT2D eigenvalue weighted by Gasteiger charge is -2.09. The Labute approximate surface area is 119 Å². The van der Waals surface area contributed by atoms with Gasteiger partial charge in [-0.2, -0.15) is 0 Å². The van der Waals surface area contributed by atoms with Crippen LogP contribution in [-0.4, -0.2) is 17.0 Å². The van der Waals surface area contributed by atoms with Crippen LogP contribution in [-0.2, 0) is 11.2 Å². The third-order valence-electron chi connectivity index (χ3n) is 2.77. The summed E-state index contributed by atoms with van der Waals surface area (Å²) >= 11 is 0. The number of nitrogens with one attached hydrogen (secondary N) is 1. The third kappa shape index (κ3) is 3.62. The fourth-order valence-corrected chi connectivity index (χ4v) is 1.80. The molecule has 4 nitrogen and oxygen atoms in total. The number of carbonyl (C=O) groups excluding carboxylic acids is 1. The van der Waals surface area contributed by atoms with Gasteiger partial charge in [0.25, 0.3) is 0 Å². The van der Waals surface area contributed by atoms with Crippen LogP contribution in [0.1, 0.15) is 15.9 Å². The van der Waals surface area contributed by atoms with Crippen molar-refractivity contribution in [2.75, 3.05) is 5.32 Å². The summed E-state index contributed by atoms with van der Waals surface area (Å²) in [4.78, 5) is 22.8. The minimum Gasteiger partial charge on any atom is -0.478 e. The molecule has 2 aromatic carbocycles. The molecule has 2 N–H and O–H groups in total. The smallest absolute Gasteiger partial charge is 0.337 e. The van der Waals surface area contributed by atoms with Gasteiger partial charge in [0.05, 0.1) is 17.7 Å². The largest absolute Gasteiger partial charge is 0.478 e. The van der Waals surface area contributed by atoms with Crippen molar-refractivity contribution in [2.45, 2.75) is 6.42 Å². The molecule has 0 heterocycles. The normalized spacial score (nSPS) is 10.2. The van der Waals surface area contributed by atoms with E-state index < -0.39 is 29.1 Å². The van der Waals surface area contributed by atoms with Crippen LogP contribution >= 0.6 is 0 Å². The maximum Gasteiger partial charge on any atom is 0.337 e. The predicted octanol–water partition coefficient (Wildman–Crippen LogP) is 2.84. The molecule has 2 rings (SSSR count). The van der Waals surface area contributed by atoms with Gasteiger partial charge in [-0.1, -0.05) is 30.3 Å². The van der Waals surface area contributed by atoms with Crippen LogP contribution in [0.2, 0.25) is 0 Å². The summed E-state index contributed by atoms with van der Waals surface area (Å²) in [6.07, 6.45) is -0.00110. The van der Waals surface area contributed by atoms with Crippen molar-refractivity contribution in [1.82, 2.24) is 0 Å². The van der Waals surface area contributed by atoms with Crippen molar-refractivity contribution in [1.29, 1.82) is 0 Å². The number of halogens is 2. The van der Waals surface area contributed by atoms with Crippen LogP contribution in [0.15, 0.2) is 42.5 Å². The first-order chi connectivity index (χ1) is 9.97. The maximum atomic E-state index is 13.2. The average Bonchev–Trinajstić information content (AvgIpc) is 2.43. The molecular weight excluding hydrogens is 280 g/mol. The zero-order chi connectivity index (χ0) is 15.4. The second-order valence-corrected chi connectivity index (χ2v) is 4.33. The zero-order valence-electron chi connectivity index (χ0n) is 10.8. The molecule has 6 heteroatoms. The number of anilines is 1. The van der Waals surface area contributed by atoms with Gasteiger partial charge in [-0.3, -0.25) is 4.79 Å². The fraction of sp³-hybridized carbons (Fsp3) is 0.0667. The summed E-state index contributed by atoms with van der Waals surface area (Å²) in [5, 5.41) is 11.2. The van der Waals surface area contributed by atoms with E-state index in [1.54, 1.807) is 30.3 Å². The van der Waals surface area contributed by atoms with E-state index in [1.165, 1.54) is 0 Å². The number of hydrogen-bond donors (Lipinski definition) is 2. The van der Waals surface area contributed by atoms with E-state index in [0.29, 0.717) is 12.1 Å². The third-order valence-corrected chi connectivity index (χ3v) is 2.77. The quantitative estimate of drug-likeness (QED) is 0.910.